The minimum absolute atomic E-state index is 0.0314. The third-order valence-corrected chi connectivity index (χ3v) is 10.8. The summed E-state index contributed by atoms with van der Waals surface area (Å²) < 4.78 is 0. The Morgan fingerprint density at radius 3 is 1.10 bits per heavy atom. The summed E-state index contributed by atoms with van der Waals surface area (Å²) in [5.41, 5.74) is 0. The molecule has 0 aliphatic carbocycles. The van der Waals surface area contributed by atoms with Gasteiger partial charge in [0.1, 0.15) is 0 Å². The van der Waals surface area contributed by atoms with Crippen LogP contribution in [-0.2, 0) is 4.79 Å². The van der Waals surface area contributed by atoms with E-state index in [4.69, 9.17) is 0 Å². The van der Waals surface area contributed by atoms with Crippen LogP contribution in [0.3, 0.4) is 0 Å². The summed E-state index contributed by atoms with van der Waals surface area (Å²) in [5, 5.41) is 22.9. The van der Waals surface area contributed by atoms with Crippen molar-refractivity contribution < 1.29 is 15.0 Å². The zero-order valence-electron chi connectivity index (χ0n) is 34.2. The van der Waals surface area contributed by atoms with Crippen LogP contribution >= 0.6 is 0 Å². The molecule has 4 heteroatoms. The maximum atomic E-state index is 12.3. The molecule has 0 rings (SSSR count). The molecule has 1 amide bonds. The highest BCUT2D eigenvalue weighted by atomic mass is 16.3. The first kappa shape index (κ1) is 49.1. The topological polar surface area (TPSA) is 69.6 Å². The van der Waals surface area contributed by atoms with Gasteiger partial charge in [-0.25, -0.2) is 0 Å². The third kappa shape index (κ3) is 38.4. The maximum Gasteiger partial charge on any atom is 0.220 e. The van der Waals surface area contributed by atoms with Gasteiger partial charge in [0.2, 0.25) is 5.91 Å². The van der Waals surface area contributed by atoms with E-state index in [-0.39, 0.29) is 12.5 Å². The first-order chi connectivity index (χ1) is 24.7. The van der Waals surface area contributed by atoms with Crippen LogP contribution in [0.15, 0.2) is 12.2 Å². The van der Waals surface area contributed by atoms with E-state index in [1.807, 2.05) is 0 Å². The second-order valence-electron chi connectivity index (χ2n) is 15.8. The van der Waals surface area contributed by atoms with Crippen LogP contribution in [0.5, 0.6) is 0 Å². The number of carbonyl (C=O) groups excluding carboxylic acids is 1. The molecule has 3 N–H and O–H groups in total. The average molecular weight is 706 g/mol. The van der Waals surface area contributed by atoms with Gasteiger partial charge in [-0.05, 0) is 38.5 Å². The van der Waals surface area contributed by atoms with Gasteiger partial charge in [-0.15, -0.1) is 0 Å². The molecule has 4 nitrogen and oxygen atoms in total. The van der Waals surface area contributed by atoms with E-state index in [2.05, 4.69) is 31.3 Å². The fourth-order valence-corrected chi connectivity index (χ4v) is 7.24. The number of amides is 1. The standard InChI is InChI=1S/C46H91NO3/c1-3-5-7-9-11-12-13-14-15-16-17-18-19-20-21-22-23-24-25-26-27-28-29-30-31-32-33-34-36-38-40-42-46(50)47-44(43-48)45(49)41-39-37-35-10-8-6-4-2/h16-17,44-45,48-49H,3-15,18-43H2,1-2H3,(H,47,50)/b17-16-. The van der Waals surface area contributed by atoms with E-state index in [0.29, 0.717) is 12.8 Å². The zero-order valence-corrected chi connectivity index (χ0v) is 34.2. The molecule has 0 saturated heterocycles. The maximum absolute atomic E-state index is 12.3. The van der Waals surface area contributed by atoms with Crippen molar-refractivity contribution >= 4 is 5.91 Å². The lowest BCUT2D eigenvalue weighted by Crippen LogP contribution is -2.45. The number of rotatable bonds is 42. The van der Waals surface area contributed by atoms with E-state index >= 15 is 0 Å². The molecular formula is C46H91NO3. The van der Waals surface area contributed by atoms with Crippen molar-refractivity contribution in [2.75, 3.05) is 6.61 Å². The number of nitrogens with one attached hydrogen (secondary N) is 1. The second-order valence-corrected chi connectivity index (χ2v) is 15.8. The van der Waals surface area contributed by atoms with Gasteiger partial charge >= 0.3 is 0 Å². The largest absolute Gasteiger partial charge is 0.394 e. The minimum Gasteiger partial charge on any atom is -0.394 e. The number of carbonyl (C=O) groups is 1. The lowest BCUT2D eigenvalue weighted by Gasteiger charge is -2.22. The monoisotopic (exact) mass is 706 g/mol. The Bertz CT molecular complexity index is 680. The molecular weight excluding hydrogens is 615 g/mol. The van der Waals surface area contributed by atoms with Gasteiger partial charge < -0.3 is 15.5 Å². The Kier molecular flexibility index (Phi) is 41.8. The first-order valence-electron chi connectivity index (χ1n) is 22.9. The summed E-state index contributed by atoms with van der Waals surface area (Å²) in [6.45, 7) is 4.33. The minimum atomic E-state index is -0.652. The Morgan fingerprint density at radius 2 is 0.760 bits per heavy atom. The quantitative estimate of drug-likeness (QED) is 0.0437. The molecule has 2 unspecified atom stereocenters. The molecule has 0 bridgehead atoms. The predicted molar refractivity (Wildman–Crippen MR) is 221 cm³/mol. The van der Waals surface area contributed by atoms with Crippen molar-refractivity contribution in [3.05, 3.63) is 12.2 Å². The summed E-state index contributed by atoms with van der Waals surface area (Å²) in [6.07, 6.45) is 53.3. The third-order valence-electron chi connectivity index (χ3n) is 10.8. The number of hydrogen-bond acceptors (Lipinski definition) is 3. The van der Waals surface area contributed by atoms with Crippen LogP contribution in [0.25, 0.3) is 0 Å². The van der Waals surface area contributed by atoms with Crippen LogP contribution in [0.1, 0.15) is 258 Å². The van der Waals surface area contributed by atoms with Crippen LogP contribution in [-0.4, -0.2) is 34.9 Å². The van der Waals surface area contributed by atoms with Crippen molar-refractivity contribution in [1.29, 1.82) is 0 Å². The molecule has 0 fully saturated rings. The molecule has 298 valence electrons. The van der Waals surface area contributed by atoms with E-state index < -0.39 is 12.1 Å². The van der Waals surface area contributed by atoms with Gasteiger partial charge in [-0.3, -0.25) is 4.79 Å². The fourth-order valence-electron chi connectivity index (χ4n) is 7.24. The van der Waals surface area contributed by atoms with Gasteiger partial charge in [0.05, 0.1) is 18.8 Å². The van der Waals surface area contributed by atoms with Crippen molar-refractivity contribution in [2.24, 2.45) is 0 Å². The van der Waals surface area contributed by atoms with E-state index in [9.17, 15) is 15.0 Å². The molecule has 0 aromatic carbocycles. The molecule has 0 aliphatic rings. The molecule has 0 aromatic heterocycles. The van der Waals surface area contributed by atoms with Crippen LogP contribution in [0.4, 0.5) is 0 Å². The van der Waals surface area contributed by atoms with Gasteiger partial charge in [0, 0.05) is 6.42 Å². The van der Waals surface area contributed by atoms with Gasteiger partial charge in [0.15, 0.2) is 0 Å². The fraction of sp³-hybridized carbons (Fsp3) is 0.935. The average Bonchev–Trinajstić information content (AvgIpc) is 3.12. The number of aliphatic hydroxyl groups excluding tert-OH is 2. The smallest absolute Gasteiger partial charge is 0.220 e. The molecule has 0 aliphatic heterocycles. The van der Waals surface area contributed by atoms with Crippen LogP contribution < -0.4 is 5.32 Å². The highest BCUT2D eigenvalue weighted by Crippen LogP contribution is 2.16. The highest BCUT2D eigenvalue weighted by molar-refractivity contribution is 5.76. The van der Waals surface area contributed by atoms with Crippen molar-refractivity contribution in [1.82, 2.24) is 5.32 Å². The lowest BCUT2D eigenvalue weighted by molar-refractivity contribution is -0.123. The predicted octanol–water partition coefficient (Wildman–Crippen LogP) is 14.2. The van der Waals surface area contributed by atoms with Gasteiger partial charge in [-0.2, -0.15) is 0 Å². The lowest BCUT2D eigenvalue weighted by atomic mass is 10.0. The molecule has 0 saturated carbocycles. The SMILES string of the molecule is CCCCCCCCCC/C=C\CCCCCCCCCCCCCCCCCCCCCC(=O)NC(CO)C(O)CCCCCCCCC. The van der Waals surface area contributed by atoms with Crippen LogP contribution in [0, 0.1) is 0 Å². The summed E-state index contributed by atoms with van der Waals surface area (Å²) in [6, 6.07) is -0.528. The van der Waals surface area contributed by atoms with Crippen molar-refractivity contribution in [2.45, 2.75) is 270 Å². The normalized spacial score (nSPS) is 13.0. The first-order valence-corrected chi connectivity index (χ1v) is 22.9. The van der Waals surface area contributed by atoms with E-state index in [0.717, 1.165) is 25.7 Å². The molecule has 50 heavy (non-hydrogen) atoms. The molecule has 0 aromatic rings. The second kappa shape index (κ2) is 42.5. The summed E-state index contributed by atoms with van der Waals surface area (Å²) in [7, 11) is 0. The molecule has 0 radical (unpaired) electrons. The van der Waals surface area contributed by atoms with E-state index in [1.165, 1.54) is 205 Å². The summed E-state index contributed by atoms with van der Waals surface area (Å²) in [4.78, 5) is 12.3. The molecule has 2 atom stereocenters. The summed E-state index contributed by atoms with van der Waals surface area (Å²) in [5.74, 6) is -0.0314. The van der Waals surface area contributed by atoms with Crippen molar-refractivity contribution in [3.63, 3.8) is 0 Å². The van der Waals surface area contributed by atoms with E-state index in [1.54, 1.807) is 0 Å². The molecule has 0 spiro atoms. The number of hydrogen-bond donors (Lipinski definition) is 3. The van der Waals surface area contributed by atoms with Gasteiger partial charge in [0.25, 0.3) is 0 Å². The Morgan fingerprint density at radius 1 is 0.460 bits per heavy atom. The van der Waals surface area contributed by atoms with Crippen molar-refractivity contribution in [3.8, 4) is 0 Å². The Hall–Kier alpha value is -0.870. The van der Waals surface area contributed by atoms with Crippen LogP contribution in [0.2, 0.25) is 0 Å². The molecule has 0 heterocycles. The number of aliphatic hydroxyl groups is 2. The Labute approximate surface area is 314 Å². The number of unbranched alkanes of at least 4 members (excludes halogenated alkanes) is 33. The van der Waals surface area contributed by atoms with Gasteiger partial charge in [-0.1, -0.05) is 225 Å². The Balaban J connectivity index is 3.34. The number of allylic oxidation sites excluding steroid dienone is 2. The summed E-state index contributed by atoms with van der Waals surface area (Å²) >= 11 is 0. The highest BCUT2D eigenvalue weighted by Gasteiger charge is 2.20. The zero-order chi connectivity index (χ0) is 36.4.